The normalized spacial score (nSPS) is 11.4. The number of methoxy groups -OCH3 is 1. The molecule has 1 aromatic carbocycles. The van der Waals surface area contributed by atoms with E-state index in [2.05, 4.69) is 15.9 Å². The maximum Gasteiger partial charge on any atom is 0.166 e. The van der Waals surface area contributed by atoms with Gasteiger partial charge in [-0.15, -0.1) is 0 Å². The van der Waals surface area contributed by atoms with Crippen molar-refractivity contribution >= 4 is 22.0 Å². The maximum atomic E-state index is 12.4. The van der Waals surface area contributed by atoms with Gasteiger partial charge in [0.1, 0.15) is 5.75 Å². The standard InChI is InChI=1S/C9H8BrFO/c1-12-8-5-3-2-4-7(8)6-9(10)11/h2-6H,1H3. The van der Waals surface area contributed by atoms with Crippen LogP contribution < -0.4 is 4.74 Å². The molecule has 0 aliphatic heterocycles. The number of hydrogen-bond donors (Lipinski definition) is 0. The molecule has 1 rings (SSSR count). The van der Waals surface area contributed by atoms with Crippen LogP contribution in [0.5, 0.6) is 5.75 Å². The SMILES string of the molecule is COc1ccccc1C=C(F)Br. The molecular weight excluding hydrogens is 223 g/mol. The second kappa shape index (κ2) is 4.26. The summed E-state index contributed by atoms with van der Waals surface area (Å²) in [4.78, 5) is 0. The first kappa shape index (κ1) is 9.26. The highest BCUT2D eigenvalue weighted by atomic mass is 79.9. The van der Waals surface area contributed by atoms with Crippen molar-refractivity contribution in [2.45, 2.75) is 0 Å². The monoisotopic (exact) mass is 230 g/mol. The lowest BCUT2D eigenvalue weighted by atomic mass is 10.2. The van der Waals surface area contributed by atoms with Gasteiger partial charge in [-0.1, -0.05) is 18.2 Å². The molecule has 0 fully saturated rings. The Morgan fingerprint density at radius 2 is 2.17 bits per heavy atom. The number of ether oxygens (including phenoxy) is 1. The van der Waals surface area contributed by atoms with E-state index >= 15 is 0 Å². The minimum absolute atomic E-state index is 0.410. The summed E-state index contributed by atoms with van der Waals surface area (Å²) in [5, 5.41) is 0. The average molecular weight is 231 g/mol. The third-order valence-electron chi connectivity index (χ3n) is 1.40. The molecule has 0 heterocycles. The zero-order valence-electron chi connectivity index (χ0n) is 6.55. The topological polar surface area (TPSA) is 9.23 Å². The van der Waals surface area contributed by atoms with Crippen LogP contribution in [0.15, 0.2) is 29.0 Å². The summed E-state index contributed by atoms with van der Waals surface area (Å²) in [5.74, 6) is 0.659. The van der Waals surface area contributed by atoms with Crippen LogP contribution in [0.1, 0.15) is 5.56 Å². The summed E-state index contributed by atoms with van der Waals surface area (Å²) in [6, 6.07) is 7.22. The zero-order valence-corrected chi connectivity index (χ0v) is 8.14. The molecular formula is C9H8BrFO. The predicted molar refractivity (Wildman–Crippen MR) is 51.0 cm³/mol. The summed E-state index contributed by atoms with van der Waals surface area (Å²) in [6.07, 6.45) is 1.36. The highest BCUT2D eigenvalue weighted by molar-refractivity contribution is 9.11. The molecule has 64 valence electrons. The van der Waals surface area contributed by atoms with E-state index < -0.39 is 4.74 Å². The third-order valence-corrected chi connectivity index (χ3v) is 1.63. The van der Waals surface area contributed by atoms with Crippen LogP contribution in [0.25, 0.3) is 6.08 Å². The van der Waals surface area contributed by atoms with Crippen molar-refractivity contribution in [2.75, 3.05) is 7.11 Å². The Bertz CT molecular complexity index is 292. The van der Waals surface area contributed by atoms with E-state index in [1.807, 2.05) is 12.1 Å². The Balaban J connectivity index is 3.05. The Morgan fingerprint density at radius 3 is 2.75 bits per heavy atom. The minimum Gasteiger partial charge on any atom is -0.496 e. The molecule has 1 nitrogen and oxygen atoms in total. The van der Waals surface area contributed by atoms with Gasteiger partial charge in [-0.05, 0) is 28.1 Å². The zero-order chi connectivity index (χ0) is 8.97. The third kappa shape index (κ3) is 2.34. The molecule has 3 heteroatoms. The second-order valence-corrected chi connectivity index (χ2v) is 2.93. The summed E-state index contributed by atoms with van der Waals surface area (Å²) >= 11 is 2.71. The van der Waals surface area contributed by atoms with Crippen molar-refractivity contribution in [3.63, 3.8) is 0 Å². The minimum atomic E-state index is -0.410. The molecule has 0 amide bonds. The van der Waals surface area contributed by atoms with Crippen molar-refractivity contribution < 1.29 is 9.13 Å². The average Bonchev–Trinajstić information content (AvgIpc) is 2.04. The van der Waals surface area contributed by atoms with Gasteiger partial charge in [0.2, 0.25) is 0 Å². The molecule has 0 aliphatic rings. The Hall–Kier alpha value is -0.830. The summed E-state index contributed by atoms with van der Waals surface area (Å²) in [5.41, 5.74) is 0.717. The van der Waals surface area contributed by atoms with Crippen LogP contribution in [0, 0.1) is 0 Å². The maximum absolute atomic E-state index is 12.4. The lowest BCUT2D eigenvalue weighted by molar-refractivity contribution is 0.414. The number of halogens is 2. The van der Waals surface area contributed by atoms with Crippen LogP contribution in [0.2, 0.25) is 0 Å². The number of para-hydroxylation sites is 1. The lowest BCUT2D eigenvalue weighted by Crippen LogP contribution is -1.85. The Morgan fingerprint density at radius 1 is 1.50 bits per heavy atom. The number of benzene rings is 1. The quantitative estimate of drug-likeness (QED) is 0.758. The van der Waals surface area contributed by atoms with E-state index in [4.69, 9.17) is 4.74 Å². The van der Waals surface area contributed by atoms with Crippen molar-refractivity contribution in [2.24, 2.45) is 0 Å². The van der Waals surface area contributed by atoms with Gasteiger partial charge < -0.3 is 4.74 Å². The molecule has 0 radical (unpaired) electrons. The molecule has 12 heavy (non-hydrogen) atoms. The first-order valence-corrected chi connectivity index (χ1v) is 4.19. The van der Waals surface area contributed by atoms with Crippen LogP contribution in [-0.4, -0.2) is 7.11 Å². The highest BCUT2D eigenvalue weighted by Gasteiger charge is 1.98. The van der Waals surface area contributed by atoms with Gasteiger partial charge >= 0.3 is 0 Å². The van der Waals surface area contributed by atoms with Gasteiger partial charge in [0.15, 0.2) is 4.74 Å². The van der Waals surface area contributed by atoms with E-state index in [1.54, 1.807) is 19.2 Å². The van der Waals surface area contributed by atoms with Gasteiger partial charge in [-0.2, -0.15) is 4.39 Å². The molecule has 0 aliphatic carbocycles. The van der Waals surface area contributed by atoms with E-state index in [0.717, 1.165) is 5.56 Å². The van der Waals surface area contributed by atoms with Crippen molar-refractivity contribution in [1.82, 2.24) is 0 Å². The van der Waals surface area contributed by atoms with E-state index in [1.165, 1.54) is 6.08 Å². The summed E-state index contributed by atoms with van der Waals surface area (Å²) in [7, 11) is 1.55. The smallest absolute Gasteiger partial charge is 0.166 e. The van der Waals surface area contributed by atoms with Gasteiger partial charge in [0, 0.05) is 5.56 Å². The number of hydrogen-bond acceptors (Lipinski definition) is 1. The lowest BCUT2D eigenvalue weighted by Gasteiger charge is -2.02. The molecule has 0 saturated heterocycles. The van der Waals surface area contributed by atoms with E-state index in [9.17, 15) is 4.39 Å². The fraction of sp³-hybridized carbons (Fsp3) is 0.111. The van der Waals surface area contributed by atoms with Crippen LogP contribution in [0.3, 0.4) is 0 Å². The molecule has 0 bridgehead atoms. The van der Waals surface area contributed by atoms with Gasteiger partial charge in [0.25, 0.3) is 0 Å². The van der Waals surface area contributed by atoms with Crippen molar-refractivity contribution in [3.05, 3.63) is 34.6 Å². The molecule has 0 spiro atoms. The first-order valence-electron chi connectivity index (χ1n) is 3.40. The first-order chi connectivity index (χ1) is 5.74. The second-order valence-electron chi connectivity index (χ2n) is 2.18. The summed E-state index contributed by atoms with van der Waals surface area (Å²) < 4.78 is 17.0. The Labute approximate surface area is 79.0 Å². The molecule has 0 N–H and O–H groups in total. The van der Waals surface area contributed by atoms with Crippen LogP contribution >= 0.6 is 15.9 Å². The molecule has 0 unspecified atom stereocenters. The fourth-order valence-electron chi connectivity index (χ4n) is 0.903. The molecule has 0 atom stereocenters. The van der Waals surface area contributed by atoms with Gasteiger partial charge in [0.05, 0.1) is 7.11 Å². The molecule has 1 aromatic rings. The van der Waals surface area contributed by atoms with E-state index in [0.29, 0.717) is 5.75 Å². The highest BCUT2D eigenvalue weighted by Crippen LogP contribution is 2.22. The molecule has 0 aromatic heterocycles. The summed E-state index contributed by atoms with van der Waals surface area (Å²) in [6.45, 7) is 0. The fourth-order valence-corrected chi connectivity index (χ4v) is 1.15. The van der Waals surface area contributed by atoms with Gasteiger partial charge in [-0.3, -0.25) is 0 Å². The van der Waals surface area contributed by atoms with Crippen molar-refractivity contribution in [1.29, 1.82) is 0 Å². The van der Waals surface area contributed by atoms with Crippen molar-refractivity contribution in [3.8, 4) is 5.75 Å². The van der Waals surface area contributed by atoms with Crippen LogP contribution in [-0.2, 0) is 0 Å². The van der Waals surface area contributed by atoms with Crippen LogP contribution in [0.4, 0.5) is 4.39 Å². The predicted octanol–water partition coefficient (Wildman–Crippen LogP) is 3.36. The largest absolute Gasteiger partial charge is 0.496 e. The molecule has 0 saturated carbocycles. The number of rotatable bonds is 2. The van der Waals surface area contributed by atoms with Gasteiger partial charge in [-0.25, -0.2) is 0 Å². The Kier molecular flexibility index (Phi) is 3.29. The van der Waals surface area contributed by atoms with E-state index in [-0.39, 0.29) is 0 Å².